The van der Waals surface area contributed by atoms with Gasteiger partial charge in [-0.2, -0.15) is 0 Å². The molecule has 0 fully saturated rings. The van der Waals surface area contributed by atoms with Crippen molar-refractivity contribution < 1.29 is 0 Å². The fraction of sp³-hybridized carbons (Fsp3) is 0.400. The smallest absolute Gasteiger partial charge is 0.0258 e. The highest BCUT2D eigenvalue weighted by molar-refractivity contribution is 7.99. The number of nitrogens with zero attached hydrogens (tertiary/aromatic N) is 3. The molecule has 0 unspecified atom stereocenters. The summed E-state index contributed by atoms with van der Waals surface area (Å²) >= 11 is 1.84. The lowest BCUT2D eigenvalue weighted by molar-refractivity contribution is 0.810. The summed E-state index contributed by atoms with van der Waals surface area (Å²) < 4.78 is 0. The topological polar surface area (TPSA) is 48.8 Å². The second-order valence-electron chi connectivity index (χ2n) is 2.82. The van der Waals surface area contributed by atoms with Crippen LogP contribution in [-0.2, 0) is 0 Å². The molecule has 0 radical (unpaired) electrons. The number of thioether (sulfide) groups is 1. The van der Waals surface area contributed by atoms with Crippen LogP contribution in [-0.4, -0.2) is 12.3 Å². The van der Waals surface area contributed by atoms with Gasteiger partial charge in [0.1, 0.15) is 0 Å². The van der Waals surface area contributed by atoms with Gasteiger partial charge in [0.05, 0.1) is 0 Å². The van der Waals surface area contributed by atoms with E-state index >= 15 is 0 Å². The molecular weight excluding hydrogens is 194 g/mol. The van der Waals surface area contributed by atoms with Crippen LogP contribution < -0.4 is 0 Å². The lowest BCUT2D eigenvalue weighted by atomic mass is 10.3. The molecule has 1 aromatic rings. The van der Waals surface area contributed by atoms with Gasteiger partial charge in [0.25, 0.3) is 0 Å². The molecule has 0 saturated heterocycles. The second-order valence-corrected chi connectivity index (χ2v) is 3.99. The first-order valence-corrected chi connectivity index (χ1v) is 5.61. The van der Waals surface area contributed by atoms with Crippen molar-refractivity contribution in [1.82, 2.24) is 0 Å². The Bertz CT molecular complexity index is 293. The Kier molecular flexibility index (Phi) is 5.71. The van der Waals surface area contributed by atoms with Crippen LogP contribution in [0.3, 0.4) is 0 Å². The van der Waals surface area contributed by atoms with Gasteiger partial charge >= 0.3 is 0 Å². The first-order chi connectivity index (χ1) is 6.93. The molecule has 0 aromatic heterocycles. The fourth-order valence-corrected chi connectivity index (χ4v) is 1.97. The molecule has 0 heterocycles. The minimum absolute atomic E-state index is 0.617. The Balaban J connectivity index is 2.07. The quantitative estimate of drug-likeness (QED) is 0.230. The molecule has 1 aromatic carbocycles. The van der Waals surface area contributed by atoms with E-state index in [0.717, 1.165) is 18.6 Å². The van der Waals surface area contributed by atoms with Crippen molar-refractivity contribution in [3.63, 3.8) is 0 Å². The number of hydrogen-bond donors (Lipinski definition) is 0. The first-order valence-electron chi connectivity index (χ1n) is 4.62. The Hall–Kier alpha value is -1.12. The zero-order valence-electron chi connectivity index (χ0n) is 7.97. The maximum atomic E-state index is 8.05. The summed E-state index contributed by atoms with van der Waals surface area (Å²) in [5.74, 6) is 1.09. The summed E-state index contributed by atoms with van der Waals surface area (Å²) in [4.78, 5) is 4.01. The van der Waals surface area contributed by atoms with Crippen LogP contribution in [0, 0.1) is 0 Å². The maximum absolute atomic E-state index is 8.05. The van der Waals surface area contributed by atoms with Crippen LogP contribution in [0.25, 0.3) is 10.4 Å². The maximum Gasteiger partial charge on any atom is 0.0258 e. The van der Waals surface area contributed by atoms with Gasteiger partial charge in [0, 0.05) is 16.4 Å². The van der Waals surface area contributed by atoms with E-state index in [1.54, 1.807) is 0 Å². The van der Waals surface area contributed by atoms with Crippen molar-refractivity contribution in [3.8, 4) is 0 Å². The molecule has 0 aliphatic carbocycles. The Labute approximate surface area is 88.1 Å². The van der Waals surface area contributed by atoms with Crippen molar-refractivity contribution in [2.24, 2.45) is 5.11 Å². The fourth-order valence-electron chi connectivity index (χ4n) is 1.04. The van der Waals surface area contributed by atoms with E-state index in [0.29, 0.717) is 6.54 Å². The number of hydrogen-bond acceptors (Lipinski definition) is 2. The highest BCUT2D eigenvalue weighted by Gasteiger charge is 1.91. The van der Waals surface area contributed by atoms with Crippen molar-refractivity contribution >= 4 is 11.8 Å². The zero-order valence-corrected chi connectivity index (χ0v) is 8.78. The normalized spacial score (nSPS) is 9.43. The van der Waals surface area contributed by atoms with Crippen molar-refractivity contribution in [2.75, 3.05) is 12.3 Å². The lowest BCUT2D eigenvalue weighted by Crippen LogP contribution is -1.83. The molecule has 0 N–H and O–H groups in total. The molecular formula is C10H13N3S. The van der Waals surface area contributed by atoms with E-state index in [2.05, 4.69) is 22.2 Å². The standard InChI is InChI=1S/C10H13N3S/c11-13-12-8-4-5-9-14-10-6-2-1-3-7-10/h1-3,6-7H,4-5,8-9H2. The van der Waals surface area contributed by atoms with E-state index in [4.69, 9.17) is 5.53 Å². The number of rotatable bonds is 6. The van der Waals surface area contributed by atoms with Crippen molar-refractivity contribution in [1.29, 1.82) is 0 Å². The van der Waals surface area contributed by atoms with Crippen molar-refractivity contribution in [2.45, 2.75) is 17.7 Å². The van der Waals surface area contributed by atoms with Gasteiger partial charge in [-0.25, -0.2) is 0 Å². The Morgan fingerprint density at radius 3 is 2.71 bits per heavy atom. The molecule has 0 aliphatic rings. The van der Waals surface area contributed by atoms with Crippen LogP contribution in [0.2, 0.25) is 0 Å². The minimum Gasteiger partial charge on any atom is -0.126 e. The Morgan fingerprint density at radius 1 is 1.21 bits per heavy atom. The zero-order chi connectivity index (χ0) is 10.1. The second kappa shape index (κ2) is 7.30. The summed E-state index contributed by atoms with van der Waals surface area (Å²) in [6, 6.07) is 10.3. The molecule has 0 aliphatic heterocycles. The number of azide groups is 1. The van der Waals surface area contributed by atoms with E-state index in [1.165, 1.54) is 4.90 Å². The Morgan fingerprint density at radius 2 is 2.00 bits per heavy atom. The highest BCUT2D eigenvalue weighted by Crippen LogP contribution is 2.18. The SMILES string of the molecule is [N-]=[N+]=NCCCCSc1ccccc1. The largest absolute Gasteiger partial charge is 0.126 e. The van der Waals surface area contributed by atoms with Crippen molar-refractivity contribution in [3.05, 3.63) is 40.8 Å². The van der Waals surface area contributed by atoms with Crippen LogP contribution in [0.15, 0.2) is 40.3 Å². The van der Waals surface area contributed by atoms with Gasteiger partial charge < -0.3 is 0 Å². The molecule has 14 heavy (non-hydrogen) atoms. The molecule has 0 saturated carbocycles. The molecule has 0 spiro atoms. The third-order valence-corrected chi connectivity index (χ3v) is 2.83. The summed E-state index contributed by atoms with van der Waals surface area (Å²) in [6.07, 6.45) is 2.07. The average Bonchev–Trinajstić information content (AvgIpc) is 2.25. The summed E-state index contributed by atoms with van der Waals surface area (Å²) in [5, 5.41) is 3.49. The number of unbranched alkanes of at least 4 members (excludes halogenated alkanes) is 1. The molecule has 0 bridgehead atoms. The van der Waals surface area contributed by atoms with Gasteiger partial charge in [-0.15, -0.1) is 11.8 Å². The summed E-state index contributed by atoms with van der Waals surface area (Å²) in [6.45, 7) is 0.617. The summed E-state index contributed by atoms with van der Waals surface area (Å²) in [5.41, 5.74) is 8.05. The predicted octanol–water partition coefficient (Wildman–Crippen LogP) is 3.87. The highest BCUT2D eigenvalue weighted by atomic mass is 32.2. The molecule has 0 atom stereocenters. The minimum atomic E-state index is 0.617. The molecule has 74 valence electrons. The van der Waals surface area contributed by atoms with Gasteiger partial charge in [-0.05, 0) is 36.3 Å². The van der Waals surface area contributed by atoms with Crippen LogP contribution in [0.4, 0.5) is 0 Å². The molecule has 1 rings (SSSR count). The van der Waals surface area contributed by atoms with E-state index in [9.17, 15) is 0 Å². The lowest BCUT2D eigenvalue weighted by Gasteiger charge is -1.99. The average molecular weight is 207 g/mol. The van der Waals surface area contributed by atoms with E-state index in [-0.39, 0.29) is 0 Å². The van der Waals surface area contributed by atoms with Crippen LogP contribution in [0.5, 0.6) is 0 Å². The van der Waals surface area contributed by atoms with Gasteiger partial charge in [0.2, 0.25) is 0 Å². The molecule has 0 amide bonds. The summed E-state index contributed by atoms with van der Waals surface area (Å²) in [7, 11) is 0. The number of benzene rings is 1. The molecule has 3 nitrogen and oxygen atoms in total. The third kappa shape index (κ3) is 4.80. The third-order valence-electron chi connectivity index (χ3n) is 1.73. The van der Waals surface area contributed by atoms with E-state index in [1.807, 2.05) is 30.0 Å². The first kappa shape index (κ1) is 11.0. The van der Waals surface area contributed by atoms with Crippen LogP contribution in [0.1, 0.15) is 12.8 Å². The predicted molar refractivity (Wildman–Crippen MR) is 60.4 cm³/mol. The van der Waals surface area contributed by atoms with Gasteiger partial charge in [0.15, 0.2) is 0 Å². The van der Waals surface area contributed by atoms with Gasteiger partial charge in [-0.1, -0.05) is 23.3 Å². The van der Waals surface area contributed by atoms with Gasteiger partial charge in [-0.3, -0.25) is 0 Å². The van der Waals surface area contributed by atoms with Crippen LogP contribution >= 0.6 is 11.8 Å². The molecule has 4 heteroatoms. The van der Waals surface area contributed by atoms with E-state index < -0.39 is 0 Å². The monoisotopic (exact) mass is 207 g/mol.